The highest BCUT2D eigenvalue weighted by atomic mass is 19.4. The first-order valence-corrected chi connectivity index (χ1v) is 9.79. The van der Waals surface area contributed by atoms with Gasteiger partial charge in [-0.2, -0.15) is 13.2 Å². The Morgan fingerprint density at radius 2 is 1.79 bits per heavy atom. The van der Waals surface area contributed by atoms with Gasteiger partial charge in [-0.25, -0.2) is 9.59 Å². The van der Waals surface area contributed by atoms with Crippen molar-refractivity contribution in [2.75, 3.05) is 25.0 Å². The number of hydrogen-bond donors (Lipinski definition) is 7. The molecule has 11 nitrogen and oxygen atoms in total. The first kappa shape index (κ1) is 28.0. The van der Waals surface area contributed by atoms with Gasteiger partial charge in [0, 0.05) is 13.1 Å². The van der Waals surface area contributed by atoms with Crippen molar-refractivity contribution >= 4 is 29.6 Å². The Bertz CT molecular complexity index is 974. The number of urea groups is 1. The Kier molecular flexibility index (Phi) is 10.6. The van der Waals surface area contributed by atoms with Gasteiger partial charge in [-0.05, 0) is 32.0 Å². The fourth-order valence-corrected chi connectivity index (χ4v) is 2.55. The molecule has 0 saturated carbocycles. The highest BCUT2D eigenvalue weighted by molar-refractivity contribution is 6.04. The lowest BCUT2D eigenvalue weighted by molar-refractivity contribution is -0.137. The van der Waals surface area contributed by atoms with Crippen LogP contribution in [0.5, 0.6) is 0 Å². The number of aliphatic hydroxyl groups is 1. The van der Waals surface area contributed by atoms with E-state index in [9.17, 15) is 37.5 Å². The first-order valence-electron chi connectivity index (χ1n) is 9.79. The van der Waals surface area contributed by atoms with Crippen molar-refractivity contribution in [3.8, 4) is 11.8 Å². The highest BCUT2D eigenvalue weighted by Crippen LogP contribution is 2.31. The summed E-state index contributed by atoms with van der Waals surface area (Å²) in [7, 11) is 0. The minimum atomic E-state index is -4.77. The molecule has 1 aromatic carbocycles. The standard InChI is InChI=1S/C20H24F3N5O6/c1-3-5-15(29)14(9-26-19(33)34)27-16(30)10-25-17(31)12-8-11(20(21,22)23)6-7-13(12)28-18(32)24-4-2/h6-8,14-15,26,29H,4,9-10H2,1-2H3,(H,25,31)(H,27,30)(H,33,34)(H2,24,28,32)/t14-,15-/m0/s1. The maximum atomic E-state index is 13.1. The van der Waals surface area contributed by atoms with Crippen molar-refractivity contribution in [3.63, 3.8) is 0 Å². The number of amides is 5. The average Bonchev–Trinajstić information content (AvgIpc) is 2.74. The topological polar surface area (TPSA) is 169 Å². The number of carbonyl (C=O) groups excluding carboxylic acids is 3. The highest BCUT2D eigenvalue weighted by Gasteiger charge is 2.32. The number of halogens is 3. The number of anilines is 1. The van der Waals surface area contributed by atoms with E-state index >= 15 is 0 Å². The van der Waals surface area contributed by atoms with Crippen LogP contribution in [0.1, 0.15) is 29.8 Å². The van der Waals surface area contributed by atoms with Crippen molar-refractivity contribution in [3.05, 3.63) is 29.3 Å². The van der Waals surface area contributed by atoms with Gasteiger partial charge in [-0.15, -0.1) is 5.92 Å². The van der Waals surface area contributed by atoms with Gasteiger partial charge in [0.15, 0.2) is 0 Å². The van der Waals surface area contributed by atoms with Gasteiger partial charge in [-0.1, -0.05) is 5.92 Å². The summed E-state index contributed by atoms with van der Waals surface area (Å²) in [6.07, 6.45) is -7.62. The van der Waals surface area contributed by atoms with Gasteiger partial charge in [0.25, 0.3) is 5.91 Å². The molecule has 14 heteroatoms. The van der Waals surface area contributed by atoms with E-state index < -0.39 is 66.5 Å². The first-order chi connectivity index (χ1) is 15.9. The number of carboxylic acid groups (broad SMARTS) is 1. The Balaban J connectivity index is 2.98. The molecule has 0 saturated heterocycles. The number of alkyl halides is 3. The van der Waals surface area contributed by atoms with Gasteiger partial charge in [-0.3, -0.25) is 9.59 Å². The molecular weight excluding hydrogens is 463 g/mol. The van der Waals surface area contributed by atoms with Crippen LogP contribution in [-0.2, 0) is 11.0 Å². The molecule has 7 N–H and O–H groups in total. The molecule has 34 heavy (non-hydrogen) atoms. The molecule has 0 aliphatic heterocycles. The van der Waals surface area contributed by atoms with E-state index in [0.717, 1.165) is 6.07 Å². The summed E-state index contributed by atoms with van der Waals surface area (Å²) in [6, 6.07) is 0.182. The zero-order chi connectivity index (χ0) is 25.9. The molecule has 0 heterocycles. The fraction of sp³-hybridized carbons (Fsp3) is 0.400. The van der Waals surface area contributed by atoms with E-state index in [1.807, 2.05) is 5.32 Å². The smallest absolute Gasteiger partial charge is 0.416 e. The van der Waals surface area contributed by atoms with Crippen molar-refractivity contribution in [2.24, 2.45) is 0 Å². The number of aliphatic hydroxyl groups excluding tert-OH is 1. The third-order valence-electron chi connectivity index (χ3n) is 4.08. The van der Waals surface area contributed by atoms with Gasteiger partial charge in [0.1, 0.15) is 6.10 Å². The van der Waals surface area contributed by atoms with Crippen LogP contribution in [0.25, 0.3) is 0 Å². The zero-order valence-electron chi connectivity index (χ0n) is 18.2. The lowest BCUT2D eigenvalue weighted by atomic mass is 10.1. The van der Waals surface area contributed by atoms with Crippen LogP contribution >= 0.6 is 0 Å². The lowest BCUT2D eigenvalue weighted by Gasteiger charge is -2.21. The van der Waals surface area contributed by atoms with E-state index in [-0.39, 0.29) is 12.2 Å². The number of rotatable bonds is 9. The van der Waals surface area contributed by atoms with Crippen molar-refractivity contribution < 1.29 is 42.6 Å². The average molecular weight is 487 g/mol. The molecule has 5 amide bonds. The van der Waals surface area contributed by atoms with Gasteiger partial charge in [0.2, 0.25) is 5.91 Å². The summed E-state index contributed by atoms with van der Waals surface area (Å²) in [4.78, 5) is 47.2. The molecule has 0 spiro atoms. The van der Waals surface area contributed by atoms with Crippen LogP contribution in [-0.4, -0.2) is 65.9 Å². The van der Waals surface area contributed by atoms with Crippen LogP contribution < -0.4 is 26.6 Å². The Labute approximate surface area is 192 Å². The van der Waals surface area contributed by atoms with Crippen LogP contribution in [0.15, 0.2) is 18.2 Å². The summed E-state index contributed by atoms with van der Waals surface area (Å²) < 4.78 is 39.3. The summed E-state index contributed by atoms with van der Waals surface area (Å²) >= 11 is 0. The molecule has 0 fully saturated rings. The van der Waals surface area contributed by atoms with Crippen LogP contribution in [0, 0.1) is 11.8 Å². The number of hydrogen-bond acceptors (Lipinski definition) is 5. The molecule has 0 aliphatic carbocycles. The van der Waals surface area contributed by atoms with E-state index in [1.165, 1.54) is 6.92 Å². The van der Waals surface area contributed by atoms with Crippen LogP contribution in [0.3, 0.4) is 0 Å². The molecular formula is C20H24F3N5O6. The molecule has 0 radical (unpaired) electrons. The van der Waals surface area contributed by atoms with Crippen molar-refractivity contribution in [2.45, 2.75) is 32.2 Å². The van der Waals surface area contributed by atoms with Crippen LogP contribution in [0.2, 0.25) is 0 Å². The monoisotopic (exact) mass is 487 g/mol. The number of nitrogens with one attached hydrogen (secondary N) is 5. The van der Waals surface area contributed by atoms with E-state index in [4.69, 9.17) is 5.11 Å². The van der Waals surface area contributed by atoms with Crippen LogP contribution in [0.4, 0.5) is 28.4 Å². The molecule has 0 aromatic heterocycles. The minimum Gasteiger partial charge on any atom is -0.465 e. The maximum absolute atomic E-state index is 13.1. The third-order valence-corrected chi connectivity index (χ3v) is 4.08. The Morgan fingerprint density at radius 3 is 2.35 bits per heavy atom. The van der Waals surface area contributed by atoms with E-state index in [1.54, 1.807) is 6.92 Å². The Hall–Kier alpha value is -3.99. The van der Waals surface area contributed by atoms with Crippen molar-refractivity contribution in [1.29, 1.82) is 0 Å². The molecule has 0 unspecified atom stereocenters. The van der Waals surface area contributed by atoms with Gasteiger partial charge < -0.3 is 36.8 Å². The summed E-state index contributed by atoms with van der Waals surface area (Å²) in [5.41, 5.74) is -1.92. The molecule has 0 aliphatic rings. The SMILES string of the molecule is CC#C[C@H](O)[C@H](CNC(=O)O)NC(=O)CNC(=O)c1cc(C(F)(F)F)ccc1NC(=O)NCC. The third kappa shape index (κ3) is 9.25. The largest absolute Gasteiger partial charge is 0.465 e. The second-order valence-corrected chi connectivity index (χ2v) is 6.62. The summed E-state index contributed by atoms with van der Waals surface area (Å²) in [5.74, 6) is 2.76. The minimum absolute atomic E-state index is 0.223. The van der Waals surface area contributed by atoms with E-state index in [2.05, 4.69) is 33.1 Å². The predicted molar refractivity (Wildman–Crippen MR) is 114 cm³/mol. The summed E-state index contributed by atoms with van der Waals surface area (Å²) in [6.45, 7) is 2.11. The molecule has 1 aromatic rings. The zero-order valence-corrected chi connectivity index (χ0v) is 18.2. The Morgan fingerprint density at radius 1 is 1.12 bits per heavy atom. The predicted octanol–water partition coefficient (Wildman–Crippen LogP) is 0.713. The van der Waals surface area contributed by atoms with E-state index in [0.29, 0.717) is 12.1 Å². The molecule has 186 valence electrons. The molecule has 2 atom stereocenters. The fourth-order valence-electron chi connectivity index (χ4n) is 2.55. The maximum Gasteiger partial charge on any atom is 0.416 e. The summed E-state index contributed by atoms with van der Waals surface area (Å²) in [5, 5.41) is 29.6. The van der Waals surface area contributed by atoms with Gasteiger partial charge >= 0.3 is 18.3 Å². The number of benzene rings is 1. The van der Waals surface area contributed by atoms with Gasteiger partial charge in [0.05, 0.1) is 29.4 Å². The second kappa shape index (κ2) is 12.9. The number of carbonyl (C=O) groups is 4. The van der Waals surface area contributed by atoms with Crippen molar-refractivity contribution in [1.82, 2.24) is 21.3 Å². The molecule has 0 bridgehead atoms. The normalized spacial score (nSPS) is 12.3. The quantitative estimate of drug-likeness (QED) is 0.253. The lowest BCUT2D eigenvalue weighted by Crippen LogP contribution is -2.52. The second-order valence-electron chi connectivity index (χ2n) is 6.62. The molecule has 1 rings (SSSR count).